The Labute approximate surface area is 116 Å². The minimum atomic E-state index is 0.743. The third-order valence-corrected chi connectivity index (χ3v) is 3.23. The van der Waals surface area contributed by atoms with Crippen LogP contribution >= 0.6 is 0 Å². The zero-order chi connectivity index (χ0) is 13.9. The summed E-state index contributed by atoms with van der Waals surface area (Å²) in [5, 5.41) is 11.0. The molecule has 102 valence electrons. The lowest BCUT2D eigenvalue weighted by Gasteiger charge is -2.08. The van der Waals surface area contributed by atoms with Crippen molar-refractivity contribution in [1.82, 2.24) is 25.1 Å². The Morgan fingerprint density at radius 2 is 2.05 bits per heavy atom. The van der Waals surface area contributed by atoms with E-state index in [2.05, 4.69) is 50.4 Å². The molecule has 0 amide bonds. The fourth-order valence-corrected chi connectivity index (χ4v) is 2.21. The maximum atomic E-state index is 4.47. The normalized spacial score (nSPS) is 10.9. The van der Waals surface area contributed by atoms with Crippen LogP contribution in [0.5, 0.6) is 0 Å². The number of hydrogen-bond donors (Lipinski definition) is 2. The quantitative estimate of drug-likeness (QED) is 0.756. The number of nitrogens with zero attached hydrogens (tertiary/aromatic N) is 4. The third kappa shape index (κ3) is 2.45. The van der Waals surface area contributed by atoms with Gasteiger partial charge in [-0.3, -0.25) is 10.1 Å². The summed E-state index contributed by atoms with van der Waals surface area (Å²) in [6, 6.07) is 2.15. The minimum absolute atomic E-state index is 0.743. The summed E-state index contributed by atoms with van der Waals surface area (Å²) in [4.78, 5) is 12.8. The van der Waals surface area contributed by atoms with Gasteiger partial charge in [0.15, 0.2) is 5.65 Å². The summed E-state index contributed by atoms with van der Waals surface area (Å²) in [6.45, 7) is 4.92. The Balaban J connectivity index is 1.69. The van der Waals surface area contributed by atoms with Crippen LogP contribution in [-0.4, -0.2) is 31.7 Å². The number of anilines is 1. The van der Waals surface area contributed by atoms with Gasteiger partial charge in [0.05, 0.1) is 11.6 Å². The monoisotopic (exact) mass is 268 g/mol. The van der Waals surface area contributed by atoms with E-state index in [0.717, 1.165) is 35.5 Å². The summed E-state index contributed by atoms with van der Waals surface area (Å²) in [6.07, 6.45) is 6.02. The van der Waals surface area contributed by atoms with Crippen molar-refractivity contribution in [3.63, 3.8) is 0 Å². The molecule has 0 aliphatic rings. The largest absolute Gasteiger partial charge is 0.369 e. The molecule has 3 rings (SSSR count). The third-order valence-electron chi connectivity index (χ3n) is 3.23. The second-order valence-electron chi connectivity index (χ2n) is 4.81. The molecule has 0 aromatic carbocycles. The molecule has 0 spiro atoms. The minimum Gasteiger partial charge on any atom is -0.369 e. The fourth-order valence-electron chi connectivity index (χ4n) is 2.21. The van der Waals surface area contributed by atoms with Crippen LogP contribution < -0.4 is 5.32 Å². The summed E-state index contributed by atoms with van der Waals surface area (Å²) in [5.41, 5.74) is 4.27. The van der Waals surface area contributed by atoms with Gasteiger partial charge < -0.3 is 5.32 Å². The van der Waals surface area contributed by atoms with Gasteiger partial charge in [-0.1, -0.05) is 6.07 Å². The van der Waals surface area contributed by atoms with Crippen molar-refractivity contribution in [1.29, 1.82) is 0 Å². The molecule has 20 heavy (non-hydrogen) atoms. The maximum absolute atomic E-state index is 4.47. The van der Waals surface area contributed by atoms with Crippen molar-refractivity contribution >= 4 is 16.9 Å². The van der Waals surface area contributed by atoms with Crippen molar-refractivity contribution in [2.45, 2.75) is 20.3 Å². The lowest BCUT2D eigenvalue weighted by Crippen LogP contribution is -2.09. The van der Waals surface area contributed by atoms with Crippen LogP contribution in [0.3, 0.4) is 0 Å². The lowest BCUT2D eigenvalue weighted by atomic mass is 10.1. The van der Waals surface area contributed by atoms with Gasteiger partial charge in [0.2, 0.25) is 0 Å². The van der Waals surface area contributed by atoms with Crippen LogP contribution in [0.15, 0.2) is 24.8 Å². The van der Waals surface area contributed by atoms with Crippen LogP contribution in [0.2, 0.25) is 0 Å². The molecule has 0 bridgehead atoms. The molecule has 0 fully saturated rings. The Morgan fingerprint density at radius 3 is 2.90 bits per heavy atom. The number of hydrogen-bond acceptors (Lipinski definition) is 5. The average Bonchev–Trinajstić information content (AvgIpc) is 2.90. The molecule has 6 heteroatoms. The first-order valence-corrected chi connectivity index (χ1v) is 6.54. The predicted octanol–water partition coefficient (Wildman–Crippen LogP) is 2.02. The van der Waals surface area contributed by atoms with E-state index < -0.39 is 0 Å². The molecule has 6 nitrogen and oxygen atoms in total. The second kappa shape index (κ2) is 5.24. The van der Waals surface area contributed by atoms with E-state index in [0.29, 0.717) is 0 Å². The molecule has 0 radical (unpaired) electrons. The predicted molar refractivity (Wildman–Crippen MR) is 77.6 cm³/mol. The molecule has 0 atom stereocenters. The number of fused-ring (bicyclic) bond motifs is 1. The van der Waals surface area contributed by atoms with Crippen molar-refractivity contribution in [3.05, 3.63) is 41.6 Å². The first-order valence-electron chi connectivity index (χ1n) is 6.54. The zero-order valence-electron chi connectivity index (χ0n) is 11.5. The number of rotatable bonds is 4. The zero-order valence-corrected chi connectivity index (χ0v) is 11.5. The first kappa shape index (κ1) is 12.5. The van der Waals surface area contributed by atoms with E-state index in [4.69, 9.17) is 0 Å². The number of nitrogens with one attached hydrogen (secondary N) is 2. The summed E-state index contributed by atoms with van der Waals surface area (Å²) in [7, 11) is 0. The SMILES string of the molecule is Cc1cnc(CCNc2ncnc3[nH]ncc23)c(C)c1. The Kier molecular flexibility index (Phi) is 3.28. The molecule has 0 saturated carbocycles. The van der Waals surface area contributed by atoms with E-state index in [1.165, 1.54) is 17.5 Å². The van der Waals surface area contributed by atoms with Crippen LogP contribution in [-0.2, 0) is 6.42 Å². The number of pyridine rings is 1. The topological polar surface area (TPSA) is 79.4 Å². The molecule has 3 aromatic heterocycles. The highest BCUT2D eigenvalue weighted by molar-refractivity contribution is 5.85. The van der Waals surface area contributed by atoms with E-state index >= 15 is 0 Å². The van der Waals surface area contributed by atoms with Gasteiger partial charge in [0.25, 0.3) is 0 Å². The molecule has 0 saturated heterocycles. The fraction of sp³-hybridized carbons (Fsp3) is 0.286. The summed E-state index contributed by atoms with van der Waals surface area (Å²) >= 11 is 0. The van der Waals surface area contributed by atoms with Gasteiger partial charge in [-0.2, -0.15) is 5.10 Å². The van der Waals surface area contributed by atoms with Crippen LogP contribution in [0.25, 0.3) is 11.0 Å². The molecule has 0 unspecified atom stereocenters. The summed E-state index contributed by atoms with van der Waals surface area (Å²) in [5.74, 6) is 0.800. The number of aromatic amines is 1. The van der Waals surface area contributed by atoms with Gasteiger partial charge in [-0.05, 0) is 25.0 Å². The van der Waals surface area contributed by atoms with Crippen LogP contribution in [0.1, 0.15) is 16.8 Å². The molecule has 0 aliphatic carbocycles. The highest BCUT2D eigenvalue weighted by Gasteiger charge is 2.05. The number of aryl methyl sites for hydroxylation is 2. The molecule has 3 aromatic rings. The number of H-pyrrole nitrogens is 1. The molecule has 0 aliphatic heterocycles. The van der Waals surface area contributed by atoms with E-state index in [1.54, 1.807) is 6.20 Å². The molecular weight excluding hydrogens is 252 g/mol. The summed E-state index contributed by atoms with van der Waals surface area (Å²) < 4.78 is 0. The highest BCUT2D eigenvalue weighted by Crippen LogP contribution is 2.16. The maximum Gasteiger partial charge on any atom is 0.160 e. The average molecular weight is 268 g/mol. The van der Waals surface area contributed by atoms with E-state index in [9.17, 15) is 0 Å². The van der Waals surface area contributed by atoms with Crippen molar-refractivity contribution in [3.8, 4) is 0 Å². The van der Waals surface area contributed by atoms with Gasteiger partial charge in [-0.15, -0.1) is 0 Å². The van der Waals surface area contributed by atoms with Gasteiger partial charge in [0, 0.05) is 24.9 Å². The Bertz CT molecular complexity index is 733. The van der Waals surface area contributed by atoms with Crippen LogP contribution in [0, 0.1) is 13.8 Å². The number of aromatic nitrogens is 5. The highest BCUT2D eigenvalue weighted by atomic mass is 15.2. The van der Waals surface area contributed by atoms with Crippen molar-refractivity contribution in [2.75, 3.05) is 11.9 Å². The van der Waals surface area contributed by atoms with Gasteiger partial charge in [0.1, 0.15) is 12.1 Å². The van der Waals surface area contributed by atoms with Gasteiger partial charge in [-0.25, -0.2) is 9.97 Å². The first-order chi connectivity index (χ1) is 9.74. The smallest absolute Gasteiger partial charge is 0.160 e. The molecule has 2 N–H and O–H groups in total. The van der Waals surface area contributed by atoms with E-state index in [1.807, 2.05) is 6.20 Å². The van der Waals surface area contributed by atoms with Gasteiger partial charge >= 0.3 is 0 Å². The second-order valence-corrected chi connectivity index (χ2v) is 4.81. The standard InChI is InChI=1S/C14H16N6/c1-9-5-10(2)12(16-6-9)3-4-15-13-11-7-19-20-14(11)18-8-17-13/h5-8H,3-4H2,1-2H3,(H2,15,17,18,19,20). The Morgan fingerprint density at radius 1 is 1.15 bits per heavy atom. The van der Waals surface area contributed by atoms with Crippen molar-refractivity contribution in [2.24, 2.45) is 0 Å². The molecular formula is C14H16N6. The van der Waals surface area contributed by atoms with E-state index in [-0.39, 0.29) is 0 Å². The lowest BCUT2D eigenvalue weighted by molar-refractivity contribution is 0.934. The van der Waals surface area contributed by atoms with Crippen molar-refractivity contribution < 1.29 is 0 Å². The Hall–Kier alpha value is -2.50. The van der Waals surface area contributed by atoms with Crippen LogP contribution in [0.4, 0.5) is 5.82 Å². The molecule has 3 heterocycles.